The summed E-state index contributed by atoms with van der Waals surface area (Å²) in [5.74, 6) is -2.65. The fourth-order valence-electron chi connectivity index (χ4n) is 2.12. The third-order valence-electron chi connectivity index (χ3n) is 3.47. The van der Waals surface area contributed by atoms with E-state index in [0.29, 0.717) is 17.0 Å². The molecule has 0 aliphatic heterocycles. The molecule has 0 saturated heterocycles. The number of nitrogens with one attached hydrogen (secondary N) is 1. The normalized spacial score (nSPS) is 21.4. The minimum Gasteiger partial charge on any atom is -0.480 e. The molecule has 4 nitrogen and oxygen atoms in total. The quantitative estimate of drug-likeness (QED) is 0.898. The van der Waals surface area contributed by atoms with Crippen LogP contribution in [0.2, 0.25) is 5.02 Å². The summed E-state index contributed by atoms with van der Waals surface area (Å²) in [5.41, 5.74) is -1.01. The van der Waals surface area contributed by atoms with Crippen molar-refractivity contribution in [3.63, 3.8) is 0 Å². The van der Waals surface area contributed by atoms with Crippen molar-refractivity contribution < 1.29 is 19.1 Å². The average Bonchev–Trinajstić information content (AvgIpc) is 3.08. The van der Waals surface area contributed by atoms with Crippen LogP contribution in [0, 0.1) is 11.7 Å². The molecule has 108 valence electrons. The van der Waals surface area contributed by atoms with Gasteiger partial charge in [0, 0.05) is 22.4 Å². The molecule has 0 aromatic heterocycles. The van der Waals surface area contributed by atoms with E-state index in [4.69, 9.17) is 16.7 Å². The predicted octanol–water partition coefficient (Wildman–Crippen LogP) is 2.56. The molecule has 1 fully saturated rings. The molecule has 1 amide bonds. The van der Waals surface area contributed by atoms with Gasteiger partial charge in [0.2, 0.25) is 5.91 Å². The predicted molar refractivity (Wildman–Crippen MR) is 72.1 cm³/mol. The zero-order chi connectivity index (χ0) is 15.1. The van der Waals surface area contributed by atoms with Gasteiger partial charge in [-0.3, -0.25) is 4.79 Å². The fraction of sp³-hybridized carbons (Fsp3) is 0.429. The maximum Gasteiger partial charge on any atom is 0.328 e. The van der Waals surface area contributed by atoms with Crippen LogP contribution in [0.3, 0.4) is 0 Å². The Kier molecular flexibility index (Phi) is 3.73. The standard InChI is InChI=1S/C14H15ClFNO3/c1-14(2,13(19)20)17-12(18)8-6-7(8)11-9(15)4-3-5-10(11)16/h3-5,7-8H,6H2,1-2H3,(H,17,18)(H,19,20)/t7-,8-/m0/s1. The van der Waals surface area contributed by atoms with Crippen molar-refractivity contribution in [3.8, 4) is 0 Å². The number of carbonyl (C=O) groups excluding carboxylic acids is 1. The molecular weight excluding hydrogens is 285 g/mol. The first kappa shape index (κ1) is 14.8. The summed E-state index contributed by atoms with van der Waals surface area (Å²) < 4.78 is 13.7. The number of aliphatic carboxylic acids is 1. The summed E-state index contributed by atoms with van der Waals surface area (Å²) in [6.07, 6.45) is 0.474. The van der Waals surface area contributed by atoms with Gasteiger partial charge in [-0.05, 0) is 32.4 Å². The fourth-order valence-corrected chi connectivity index (χ4v) is 2.43. The van der Waals surface area contributed by atoms with Gasteiger partial charge in [0.1, 0.15) is 11.4 Å². The molecule has 1 aliphatic carbocycles. The Morgan fingerprint density at radius 2 is 2.10 bits per heavy atom. The number of carboxylic acids is 1. The number of carboxylic acid groups (broad SMARTS) is 1. The van der Waals surface area contributed by atoms with Gasteiger partial charge < -0.3 is 10.4 Å². The van der Waals surface area contributed by atoms with E-state index in [1.165, 1.54) is 26.0 Å². The maximum atomic E-state index is 13.7. The zero-order valence-electron chi connectivity index (χ0n) is 11.1. The summed E-state index contributed by atoms with van der Waals surface area (Å²) in [4.78, 5) is 23.0. The van der Waals surface area contributed by atoms with Crippen LogP contribution in [0.25, 0.3) is 0 Å². The van der Waals surface area contributed by atoms with Crippen LogP contribution in [0.15, 0.2) is 18.2 Å². The first-order valence-corrected chi connectivity index (χ1v) is 6.61. The van der Waals surface area contributed by atoms with Crippen LogP contribution >= 0.6 is 11.6 Å². The Hall–Kier alpha value is -1.62. The average molecular weight is 300 g/mol. The van der Waals surface area contributed by atoms with Gasteiger partial charge in [0.15, 0.2) is 0 Å². The molecule has 1 aromatic rings. The summed E-state index contributed by atoms with van der Waals surface area (Å²) in [7, 11) is 0. The van der Waals surface area contributed by atoms with Crippen molar-refractivity contribution in [2.45, 2.75) is 31.7 Å². The largest absolute Gasteiger partial charge is 0.480 e. The van der Waals surface area contributed by atoms with Crippen LogP contribution in [0.1, 0.15) is 31.7 Å². The second-order valence-corrected chi connectivity index (χ2v) is 5.91. The van der Waals surface area contributed by atoms with Crippen LogP contribution in [-0.4, -0.2) is 22.5 Å². The lowest BCUT2D eigenvalue weighted by Crippen LogP contribution is -2.50. The maximum absolute atomic E-state index is 13.7. The lowest BCUT2D eigenvalue weighted by molar-refractivity contribution is -0.146. The monoisotopic (exact) mass is 299 g/mol. The second-order valence-electron chi connectivity index (χ2n) is 5.50. The topological polar surface area (TPSA) is 66.4 Å². The van der Waals surface area contributed by atoms with Crippen molar-refractivity contribution in [1.29, 1.82) is 0 Å². The number of carbonyl (C=O) groups is 2. The minimum atomic E-state index is -1.34. The lowest BCUT2D eigenvalue weighted by atomic mass is 10.0. The van der Waals surface area contributed by atoms with Crippen LogP contribution in [0.5, 0.6) is 0 Å². The molecule has 2 rings (SSSR count). The molecular formula is C14H15ClFNO3. The summed E-state index contributed by atoms with van der Waals surface area (Å²) in [6.45, 7) is 2.81. The van der Waals surface area contributed by atoms with E-state index >= 15 is 0 Å². The van der Waals surface area contributed by atoms with Gasteiger partial charge in [0.05, 0.1) is 0 Å². The van der Waals surface area contributed by atoms with E-state index in [0.717, 1.165) is 0 Å². The van der Waals surface area contributed by atoms with Crippen molar-refractivity contribution in [2.75, 3.05) is 0 Å². The Balaban J connectivity index is 2.09. The third kappa shape index (κ3) is 2.77. The highest BCUT2D eigenvalue weighted by atomic mass is 35.5. The molecule has 0 radical (unpaired) electrons. The molecule has 1 saturated carbocycles. The van der Waals surface area contributed by atoms with E-state index < -0.39 is 23.2 Å². The van der Waals surface area contributed by atoms with Crippen LogP contribution in [0.4, 0.5) is 4.39 Å². The van der Waals surface area contributed by atoms with Gasteiger partial charge >= 0.3 is 5.97 Å². The van der Waals surface area contributed by atoms with Crippen molar-refractivity contribution in [1.82, 2.24) is 5.32 Å². The summed E-state index contributed by atoms with van der Waals surface area (Å²) in [6, 6.07) is 4.39. The van der Waals surface area contributed by atoms with Crippen molar-refractivity contribution in [3.05, 3.63) is 34.6 Å². The highest BCUT2D eigenvalue weighted by molar-refractivity contribution is 6.31. The minimum absolute atomic E-state index is 0.284. The molecule has 6 heteroatoms. The highest BCUT2D eigenvalue weighted by Gasteiger charge is 2.47. The van der Waals surface area contributed by atoms with E-state index in [1.807, 2.05) is 0 Å². The molecule has 2 N–H and O–H groups in total. The Morgan fingerprint density at radius 3 is 2.65 bits per heavy atom. The summed E-state index contributed by atoms with van der Waals surface area (Å²) >= 11 is 5.95. The first-order valence-electron chi connectivity index (χ1n) is 6.23. The molecule has 0 spiro atoms. The number of hydrogen-bond donors (Lipinski definition) is 2. The molecule has 2 atom stereocenters. The van der Waals surface area contributed by atoms with Crippen molar-refractivity contribution >= 4 is 23.5 Å². The molecule has 1 aliphatic rings. The molecule has 0 bridgehead atoms. The van der Waals surface area contributed by atoms with Gasteiger partial charge in [-0.25, -0.2) is 9.18 Å². The lowest BCUT2D eigenvalue weighted by Gasteiger charge is -2.21. The Labute approximate surface area is 120 Å². The molecule has 20 heavy (non-hydrogen) atoms. The molecule has 0 unspecified atom stereocenters. The van der Waals surface area contributed by atoms with Gasteiger partial charge in [-0.2, -0.15) is 0 Å². The van der Waals surface area contributed by atoms with Crippen LogP contribution in [-0.2, 0) is 9.59 Å². The van der Waals surface area contributed by atoms with Crippen LogP contribution < -0.4 is 5.32 Å². The molecule has 1 aromatic carbocycles. The van der Waals surface area contributed by atoms with Crippen molar-refractivity contribution in [2.24, 2.45) is 5.92 Å². The van der Waals surface area contributed by atoms with E-state index in [9.17, 15) is 14.0 Å². The number of hydrogen-bond acceptors (Lipinski definition) is 2. The highest BCUT2D eigenvalue weighted by Crippen LogP contribution is 2.50. The molecule has 0 heterocycles. The number of rotatable bonds is 4. The summed E-state index contributed by atoms with van der Waals surface area (Å²) in [5, 5.41) is 11.7. The number of halogens is 2. The van der Waals surface area contributed by atoms with E-state index in [-0.39, 0.29) is 11.8 Å². The zero-order valence-corrected chi connectivity index (χ0v) is 11.9. The van der Waals surface area contributed by atoms with Gasteiger partial charge in [0.25, 0.3) is 0 Å². The number of amides is 1. The third-order valence-corrected chi connectivity index (χ3v) is 3.80. The number of benzene rings is 1. The van der Waals surface area contributed by atoms with E-state index in [1.54, 1.807) is 6.07 Å². The van der Waals surface area contributed by atoms with Gasteiger partial charge in [-0.15, -0.1) is 0 Å². The van der Waals surface area contributed by atoms with Gasteiger partial charge in [-0.1, -0.05) is 17.7 Å². The SMILES string of the molecule is CC(C)(NC(=O)[C@H]1C[C@@H]1c1c(F)cccc1Cl)C(=O)O. The van der Waals surface area contributed by atoms with E-state index in [2.05, 4.69) is 5.32 Å². The second kappa shape index (κ2) is 5.05. The first-order chi connectivity index (χ1) is 9.24. The Bertz CT molecular complexity index is 553. The smallest absolute Gasteiger partial charge is 0.328 e. The Morgan fingerprint density at radius 1 is 1.45 bits per heavy atom.